The van der Waals surface area contributed by atoms with Gasteiger partial charge < -0.3 is 5.11 Å². The molecule has 3 rings (SSSR count). The Morgan fingerprint density at radius 2 is 2.12 bits per heavy atom. The molecule has 0 radical (unpaired) electrons. The van der Waals surface area contributed by atoms with E-state index in [1.54, 1.807) is 0 Å². The number of rotatable bonds is 3. The molecule has 4 heteroatoms. The topological polar surface area (TPSA) is 38.0 Å². The van der Waals surface area contributed by atoms with Crippen molar-refractivity contribution in [3.63, 3.8) is 0 Å². The van der Waals surface area contributed by atoms with Crippen molar-refractivity contribution >= 4 is 15.9 Å². The molecule has 0 aliphatic heterocycles. The zero-order valence-corrected chi connectivity index (χ0v) is 11.9. The third-order valence-corrected chi connectivity index (χ3v) is 5.61. The van der Waals surface area contributed by atoms with Gasteiger partial charge in [-0.05, 0) is 53.4 Å². The zero-order valence-electron chi connectivity index (χ0n) is 10.4. The first-order valence-electron chi connectivity index (χ1n) is 6.45. The van der Waals surface area contributed by atoms with Gasteiger partial charge in [0, 0.05) is 13.5 Å². The minimum atomic E-state index is -0.184. The third kappa shape index (κ3) is 1.85. The normalized spacial score (nSPS) is 32.6. The van der Waals surface area contributed by atoms with Crippen LogP contribution in [0.2, 0.25) is 0 Å². The molecule has 0 saturated heterocycles. The maximum atomic E-state index is 10.3. The van der Waals surface area contributed by atoms with Gasteiger partial charge in [-0.15, -0.1) is 0 Å². The Bertz CT molecular complexity index is 433. The zero-order chi connectivity index (χ0) is 12.2. The van der Waals surface area contributed by atoms with E-state index in [4.69, 9.17) is 0 Å². The van der Waals surface area contributed by atoms with Crippen LogP contribution in [0.5, 0.6) is 0 Å². The van der Waals surface area contributed by atoms with Crippen LogP contribution in [0.15, 0.2) is 4.47 Å². The van der Waals surface area contributed by atoms with Crippen LogP contribution >= 0.6 is 15.9 Å². The molecule has 3 atom stereocenters. The summed E-state index contributed by atoms with van der Waals surface area (Å²) in [7, 11) is 1.95. The number of aromatic nitrogens is 2. The van der Waals surface area contributed by atoms with E-state index in [0.29, 0.717) is 5.92 Å². The van der Waals surface area contributed by atoms with Crippen LogP contribution in [0.1, 0.15) is 30.7 Å². The first-order chi connectivity index (χ1) is 8.09. The summed E-state index contributed by atoms with van der Waals surface area (Å²) in [4.78, 5) is 0. The van der Waals surface area contributed by atoms with Crippen molar-refractivity contribution in [2.75, 3.05) is 0 Å². The number of aryl methyl sites for hydroxylation is 2. The molecular formula is C13H19BrN2O. The summed E-state index contributed by atoms with van der Waals surface area (Å²) < 4.78 is 2.95. The van der Waals surface area contributed by atoms with Crippen LogP contribution in [-0.2, 0) is 13.5 Å². The summed E-state index contributed by atoms with van der Waals surface area (Å²) in [5.41, 5.74) is 2.13. The summed E-state index contributed by atoms with van der Waals surface area (Å²) in [5, 5.41) is 14.7. The van der Waals surface area contributed by atoms with Gasteiger partial charge in [-0.3, -0.25) is 4.68 Å². The van der Waals surface area contributed by atoms with Gasteiger partial charge in [-0.2, -0.15) is 5.10 Å². The number of hydrogen-bond donors (Lipinski definition) is 1. The van der Waals surface area contributed by atoms with Crippen molar-refractivity contribution in [1.29, 1.82) is 0 Å². The van der Waals surface area contributed by atoms with Crippen LogP contribution in [0.3, 0.4) is 0 Å². The van der Waals surface area contributed by atoms with Gasteiger partial charge >= 0.3 is 0 Å². The van der Waals surface area contributed by atoms with Crippen LogP contribution in [0.25, 0.3) is 0 Å². The fourth-order valence-corrected chi connectivity index (χ4v) is 4.18. The number of hydrogen-bond acceptors (Lipinski definition) is 2. The minimum absolute atomic E-state index is 0.184. The molecule has 3 nitrogen and oxygen atoms in total. The Hall–Kier alpha value is -0.350. The average Bonchev–Trinajstić information content (AvgIpc) is 2.66. The Labute approximate surface area is 110 Å². The summed E-state index contributed by atoms with van der Waals surface area (Å²) in [5.74, 6) is 2.20. The van der Waals surface area contributed by atoms with Gasteiger partial charge in [0.1, 0.15) is 0 Å². The molecular weight excluding hydrogens is 280 g/mol. The van der Waals surface area contributed by atoms with Crippen molar-refractivity contribution in [3.8, 4) is 0 Å². The molecule has 0 spiro atoms. The first-order valence-corrected chi connectivity index (χ1v) is 7.25. The molecule has 1 N–H and O–H groups in total. The van der Waals surface area contributed by atoms with Gasteiger partial charge in [-0.1, -0.05) is 6.42 Å². The number of aliphatic hydroxyl groups excluding tert-OH is 1. The average molecular weight is 299 g/mol. The second kappa shape index (κ2) is 4.09. The molecule has 0 amide bonds. The fraction of sp³-hybridized carbons (Fsp3) is 0.769. The molecule has 1 aromatic heterocycles. The Morgan fingerprint density at radius 1 is 1.47 bits per heavy atom. The maximum absolute atomic E-state index is 10.3. The van der Waals surface area contributed by atoms with Crippen LogP contribution in [-0.4, -0.2) is 21.0 Å². The van der Waals surface area contributed by atoms with E-state index in [-0.39, 0.29) is 6.10 Å². The lowest BCUT2D eigenvalue weighted by Crippen LogP contribution is -2.18. The highest BCUT2D eigenvalue weighted by molar-refractivity contribution is 9.10. The standard InChI is InChI=1S/C13H19BrN2O/c1-7-13(14)10(16(2)15-7)6-11(17)12-8-4-3-5-9(8)12/h8-9,11-12,17H,3-6H2,1-2H3. The highest BCUT2D eigenvalue weighted by atomic mass is 79.9. The molecule has 1 aromatic rings. The molecule has 17 heavy (non-hydrogen) atoms. The molecule has 2 aliphatic rings. The molecule has 0 aromatic carbocycles. The van der Waals surface area contributed by atoms with Gasteiger partial charge in [0.05, 0.1) is 22.0 Å². The van der Waals surface area contributed by atoms with E-state index in [2.05, 4.69) is 21.0 Å². The van der Waals surface area contributed by atoms with E-state index in [9.17, 15) is 5.11 Å². The van der Waals surface area contributed by atoms with Crippen LogP contribution < -0.4 is 0 Å². The van der Waals surface area contributed by atoms with Gasteiger partial charge in [0.15, 0.2) is 0 Å². The molecule has 94 valence electrons. The molecule has 3 unspecified atom stereocenters. The smallest absolute Gasteiger partial charge is 0.0738 e. The molecule has 0 bridgehead atoms. The summed E-state index contributed by atoms with van der Waals surface area (Å²) >= 11 is 3.57. The SMILES string of the molecule is Cc1nn(C)c(CC(O)C2C3CCCC32)c1Br. The maximum Gasteiger partial charge on any atom is 0.0738 e. The van der Waals surface area contributed by atoms with E-state index >= 15 is 0 Å². The van der Waals surface area contributed by atoms with Crippen molar-refractivity contribution < 1.29 is 5.11 Å². The lowest BCUT2D eigenvalue weighted by atomic mass is 10.0. The quantitative estimate of drug-likeness (QED) is 0.931. The fourth-order valence-electron chi connectivity index (χ4n) is 3.68. The number of nitrogens with zero attached hydrogens (tertiary/aromatic N) is 2. The Kier molecular flexibility index (Phi) is 2.82. The van der Waals surface area contributed by atoms with Gasteiger partial charge in [0.2, 0.25) is 0 Å². The molecule has 2 fully saturated rings. The van der Waals surface area contributed by atoms with Crippen molar-refractivity contribution in [2.45, 2.75) is 38.7 Å². The highest BCUT2D eigenvalue weighted by Gasteiger charge is 2.55. The van der Waals surface area contributed by atoms with E-state index in [0.717, 1.165) is 34.1 Å². The second-order valence-electron chi connectivity index (χ2n) is 5.58. The summed E-state index contributed by atoms with van der Waals surface area (Å²) in [6.07, 6.45) is 4.58. The molecule has 2 aliphatic carbocycles. The largest absolute Gasteiger partial charge is 0.392 e. The summed E-state index contributed by atoms with van der Waals surface area (Å²) in [6.45, 7) is 1.99. The van der Waals surface area contributed by atoms with E-state index < -0.39 is 0 Å². The molecule has 1 heterocycles. The van der Waals surface area contributed by atoms with E-state index in [1.807, 2.05) is 18.7 Å². The van der Waals surface area contributed by atoms with Crippen LogP contribution in [0.4, 0.5) is 0 Å². The molecule has 2 saturated carbocycles. The predicted molar refractivity (Wildman–Crippen MR) is 69.7 cm³/mol. The second-order valence-corrected chi connectivity index (χ2v) is 6.37. The van der Waals surface area contributed by atoms with Gasteiger partial charge in [0.25, 0.3) is 0 Å². The monoisotopic (exact) mass is 298 g/mol. The highest BCUT2D eigenvalue weighted by Crippen LogP contribution is 2.59. The number of aliphatic hydroxyl groups is 1. The minimum Gasteiger partial charge on any atom is -0.392 e. The van der Waals surface area contributed by atoms with Gasteiger partial charge in [-0.25, -0.2) is 0 Å². The Balaban J connectivity index is 1.70. The van der Waals surface area contributed by atoms with Crippen molar-refractivity contribution in [3.05, 3.63) is 15.9 Å². The predicted octanol–water partition coefficient (Wildman–Crippen LogP) is 2.44. The first kappa shape index (κ1) is 11.7. The lowest BCUT2D eigenvalue weighted by molar-refractivity contribution is 0.133. The Morgan fingerprint density at radius 3 is 2.65 bits per heavy atom. The van der Waals surface area contributed by atoms with Crippen LogP contribution in [0, 0.1) is 24.7 Å². The third-order valence-electron chi connectivity index (χ3n) is 4.58. The number of halogens is 1. The lowest BCUT2D eigenvalue weighted by Gasteiger charge is -2.13. The summed E-state index contributed by atoms with van der Waals surface area (Å²) in [6, 6.07) is 0. The van der Waals surface area contributed by atoms with Crippen molar-refractivity contribution in [1.82, 2.24) is 9.78 Å². The van der Waals surface area contributed by atoms with Crippen molar-refractivity contribution in [2.24, 2.45) is 24.8 Å². The van der Waals surface area contributed by atoms with E-state index in [1.165, 1.54) is 19.3 Å². The number of fused-ring (bicyclic) bond motifs is 1.